The van der Waals surface area contributed by atoms with Gasteiger partial charge in [-0.15, -0.1) is 10.2 Å². The Hall–Kier alpha value is -3.64. The lowest BCUT2D eigenvalue weighted by Gasteiger charge is -2.28. The van der Waals surface area contributed by atoms with E-state index < -0.39 is 29.7 Å². The Morgan fingerprint density at radius 2 is 1.87 bits per heavy atom. The molecule has 0 aliphatic carbocycles. The van der Waals surface area contributed by atoms with E-state index in [2.05, 4.69) is 20.3 Å². The van der Waals surface area contributed by atoms with E-state index in [1.807, 2.05) is 0 Å². The van der Waals surface area contributed by atoms with Crippen LogP contribution >= 0.6 is 22.9 Å². The minimum absolute atomic E-state index is 0.00615. The number of nitrogens with one attached hydrogen (secondary N) is 1. The number of hydrogen-bond acceptors (Lipinski definition) is 8. The molecular weight excluding hydrogens is 554 g/mol. The molecule has 1 N–H and O–H groups in total. The van der Waals surface area contributed by atoms with Gasteiger partial charge in [-0.3, -0.25) is 14.9 Å². The fourth-order valence-electron chi connectivity index (χ4n) is 3.65. The van der Waals surface area contributed by atoms with E-state index in [1.54, 1.807) is 24.3 Å². The number of benzene rings is 2. The van der Waals surface area contributed by atoms with Gasteiger partial charge in [-0.25, -0.2) is 13.6 Å². The molecule has 2 amide bonds. The Bertz CT molecular complexity index is 1310. The number of ether oxygens (including phenoxy) is 2. The Labute approximate surface area is 233 Å². The fourth-order valence-corrected chi connectivity index (χ4v) is 4.70. The molecule has 0 saturated heterocycles. The topological polar surface area (TPSA) is 111 Å². The van der Waals surface area contributed by atoms with E-state index in [9.17, 15) is 23.2 Å². The maximum absolute atomic E-state index is 14.0. The summed E-state index contributed by atoms with van der Waals surface area (Å²) >= 11 is 7.29. The summed E-state index contributed by atoms with van der Waals surface area (Å²) in [6, 6.07) is 10.3. The molecule has 3 rings (SSSR count). The van der Waals surface area contributed by atoms with Crippen LogP contribution in [0.1, 0.15) is 31.2 Å². The number of carbonyl (C=O) groups excluding carboxylic acids is 3. The lowest BCUT2D eigenvalue weighted by atomic mass is 10.1. The number of aryl methyl sites for hydroxylation is 1. The predicted molar refractivity (Wildman–Crippen MR) is 142 cm³/mol. The normalized spacial score (nSPS) is 11.5. The highest BCUT2D eigenvalue weighted by atomic mass is 35.5. The highest BCUT2D eigenvalue weighted by molar-refractivity contribution is 7.18. The van der Waals surface area contributed by atoms with E-state index in [0.29, 0.717) is 28.4 Å². The Morgan fingerprint density at radius 3 is 2.62 bits per heavy atom. The van der Waals surface area contributed by atoms with Crippen LogP contribution in [0.5, 0.6) is 0 Å². The van der Waals surface area contributed by atoms with Gasteiger partial charge in [0.15, 0.2) is 16.6 Å². The number of methoxy groups -OCH3 is 1. The summed E-state index contributed by atoms with van der Waals surface area (Å²) in [6.45, 7) is -0.181. The summed E-state index contributed by atoms with van der Waals surface area (Å²) in [5.74, 6) is -2.74. The Morgan fingerprint density at radius 1 is 1.10 bits per heavy atom. The summed E-state index contributed by atoms with van der Waals surface area (Å²) in [5.41, 5.74) is 0.754. The second-order valence-corrected chi connectivity index (χ2v) is 9.84. The molecule has 1 aromatic heterocycles. The van der Waals surface area contributed by atoms with Crippen molar-refractivity contribution >= 4 is 46.0 Å². The van der Waals surface area contributed by atoms with E-state index in [4.69, 9.17) is 16.3 Å². The van der Waals surface area contributed by atoms with Crippen molar-refractivity contribution in [3.05, 3.63) is 64.7 Å². The van der Waals surface area contributed by atoms with Gasteiger partial charge in [0.25, 0.3) is 0 Å². The molecule has 1 atom stereocenters. The summed E-state index contributed by atoms with van der Waals surface area (Å²) in [5, 5.41) is 11.7. The molecule has 3 aromatic rings. The van der Waals surface area contributed by atoms with E-state index in [-0.39, 0.29) is 42.5 Å². The number of nitrogens with zero attached hydrogens (tertiary/aromatic N) is 3. The van der Waals surface area contributed by atoms with Crippen molar-refractivity contribution in [2.45, 2.75) is 38.1 Å². The molecule has 0 fully saturated rings. The number of anilines is 1. The number of amides is 2. The first-order valence-electron chi connectivity index (χ1n) is 12.0. The van der Waals surface area contributed by atoms with Gasteiger partial charge >= 0.3 is 12.1 Å². The summed E-state index contributed by atoms with van der Waals surface area (Å²) in [4.78, 5) is 38.2. The van der Waals surface area contributed by atoms with E-state index >= 15 is 0 Å². The van der Waals surface area contributed by atoms with Crippen LogP contribution in [0.3, 0.4) is 0 Å². The molecule has 39 heavy (non-hydrogen) atoms. The minimum Gasteiger partial charge on any atom is -0.469 e. The number of halogens is 3. The van der Waals surface area contributed by atoms with Gasteiger partial charge in [0.2, 0.25) is 11.0 Å². The zero-order valence-corrected chi connectivity index (χ0v) is 22.9. The Balaban J connectivity index is 1.59. The van der Waals surface area contributed by atoms with Crippen molar-refractivity contribution in [2.75, 3.05) is 26.1 Å². The van der Waals surface area contributed by atoms with Crippen LogP contribution in [0.2, 0.25) is 5.02 Å². The van der Waals surface area contributed by atoms with Gasteiger partial charge in [-0.2, -0.15) is 0 Å². The maximum atomic E-state index is 14.0. The van der Waals surface area contributed by atoms with Gasteiger partial charge in [-0.1, -0.05) is 53.3 Å². The van der Waals surface area contributed by atoms with Gasteiger partial charge in [0, 0.05) is 25.5 Å². The fraction of sp³-hybridized carbons (Fsp3) is 0.346. The number of likely N-dealkylation sites (N-methyl/N-ethyl adjacent to an activating group) is 1. The number of carbonyl (C=O) groups is 3. The maximum Gasteiger partial charge on any atom is 0.413 e. The van der Waals surface area contributed by atoms with Crippen molar-refractivity contribution in [1.29, 1.82) is 0 Å². The van der Waals surface area contributed by atoms with Gasteiger partial charge < -0.3 is 14.4 Å². The van der Waals surface area contributed by atoms with Crippen LogP contribution in [0, 0.1) is 11.6 Å². The predicted octanol–water partition coefficient (Wildman–Crippen LogP) is 5.49. The van der Waals surface area contributed by atoms with Crippen LogP contribution < -0.4 is 5.32 Å². The first-order chi connectivity index (χ1) is 18.7. The van der Waals surface area contributed by atoms with Crippen LogP contribution in [0.4, 0.5) is 18.7 Å². The monoisotopic (exact) mass is 580 g/mol. The second-order valence-electron chi connectivity index (χ2n) is 8.46. The number of esters is 1. The van der Waals surface area contributed by atoms with Gasteiger partial charge in [-0.05, 0) is 37.0 Å². The zero-order valence-electron chi connectivity index (χ0n) is 21.3. The van der Waals surface area contributed by atoms with Crippen molar-refractivity contribution in [2.24, 2.45) is 0 Å². The Kier molecular flexibility index (Phi) is 11.1. The smallest absolute Gasteiger partial charge is 0.413 e. The lowest BCUT2D eigenvalue weighted by molar-refractivity contribution is -0.140. The first-order valence-corrected chi connectivity index (χ1v) is 13.2. The second kappa shape index (κ2) is 14.5. The van der Waals surface area contributed by atoms with Crippen LogP contribution in [-0.4, -0.2) is 59.9 Å². The summed E-state index contributed by atoms with van der Waals surface area (Å²) in [7, 11) is 2.80. The minimum atomic E-state index is -0.989. The molecule has 13 heteroatoms. The van der Waals surface area contributed by atoms with E-state index in [1.165, 1.54) is 31.2 Å². The zero-order chi connectivity index (χ0) is 28.4. The molecular formula is C26H27ClF2N4O5S. The molecule has 2 aromatic carbocycles. The molecule has 9 nitrogen and oxygen atoms in total. The molecule has 0 aliphatic rings. The number of aromatic nitrogens is 2. The van der Waals surface area contributed by atoms with Crippen molar-refractivity contribution in [1.82, 2.24) is 15.1 Å². The third-order valence-electron chi connectivity index (χ3n) is 5.87. The SMILES string of the molecule is COC(=O)CCC[C@@H](COC(=O)Nc1nnc(-c2ccccc2Cl)s1)N(C)C(=O)CCc1cccc(F)c1F. The van der Waals surface area contributed by atoms with E-state index in [0.717, 1.165) is 17.4 Å². The molecule has 1 heterocycles. The van der Waals surface area contributed by atoms with Crippen LogP contribution in [0.25, 0.3) is 10.6 Å². The molecule has 0 aliphatic heterocycles. The molecule has 0 spiro atoms. The average Bonchev–Trinajstić information content (AvgIpc) is 3.38. The largest absolute Gasteiger partial charge is 0.469 e. The van der Waals surface area contributed by atoms with Crippen LogP contribution in [-0.2, 0) is 25.5 Å². The first kappa shape index (κ1) is 29.9. The summed E-state index contributed by atoms with van der Waals surface area (Å²) < 4.78 is 37.5. The molecule has 0 bridgehead atoms. The van der Waals surface area contributed by atoms with Crippen molar-refractivity contribution in [3.8, 4) is 10.6 Å². The standard InChI is InChI=1S/C26H27ClF2N4O5S/c1-33(21(34)14-13-16-7-5-11-20(28)23(16)29)17(8-6-12-22(35)37-2)15-38-26(36)30-25-32-31-24(39-25)18-9-3-4-10-19(18)27/h3-5,7,9-11,17H,6,8,12-15H2,1-2H3,(H,30,32,36)/t17-/m0/s1. The van der Waals surface area contributed by atoms with Crippen LogP contribution in [0.15, 0.2) is 42.5 Å². The third-order valence-corrected chi connectivity index (χ3v) is 7.07. The molecule has 0 radical (unpaired) electrons. The molecule has 208 valence electrons. The quantitative estimate of drug-likeness (QED) is 0.282. The van der Waals surface area contributed by atoms with Crippen molar-refractivity contribution < 1.29 is 32.6 Å². The van der Waals surface area contributed by atoms with Gasteiger partial charge in [0.05, 0.1) is 18.2 Å². The highest BCUT2D eigenvalue weighted by Gasteiger charge is 2.23. The number of hydrogen-bond donors (Lipinski definition) is 1. The molecule has 0 unspecified atom stereocenters. The third kappa shape index (κ3) is 8.69. The highest BCUT2D eigenvalue weighted by Crippen LogP contribution is 2.31. The molecule has 0 saturated carbocycles. The lowest BCUT2D eigenvalue weighted by Crippen LogP contribution is -2.41. The van der Waals surface area contributed by atoms with Crippen molar-refractivity contribution in [3.63, 3.8) is 0 Å². The summed E-state index contributed by atoms with van der Waals surface area (Å²) in [6.07, 6.45) is -0.0898. The van der Waals surface area contributed by atoms with Gasteiger partial charge in [0.1, 0.15) is 6.61 Å². The number of rotatable bonds is 12. The average molecular weight is 581 g/mol.